The average molecular weight is 379 g/mol. The standard InChI is InChI=1S/C24H30N2O2/c25-22(27)24(23(26)28)15-14-19(16-8-2-1-3-9-16)20(17-10-4-5-11-17)21(24)18-12-6-7-13-18/h1-3,8-9,14-15,17-18,21H,4-7,10-13H2,(H2,25,27)(H2,26,28). The van der Waals surface area contributed by atoms with Gasteiger partial charge in [-0.05, 0) is 48.7 Å². The lowest BCUT2D eigenvalue weighted by atomic mass is 9.58. The van der Waals surface area contributed by atoms with Gasteiger partial charge in [-0.2, -0.15) is 0 Å². The van der Waals surface area contributed by atoms with Crippen LogP contribution in [0.4, 0.5) is 0 Å². The van der Waals surface area contributed by atoms with E-state index < -0.39 is 17.2 Å². The van der Waals surface area contributed by atoms with Crippen LogP contribution in [0.5, 0.6) is 0 Å². The summed E-state index contributed by atoms with van der Waals surface area (Å²) in [6.45, 7) is 0. The van der Waals surface area contributed by atoms with Gasteiger partial charge < -0.3 is 11.5 Å². The number of nitrogens with two attached hydrogens (primary N) is 2. The van der Waals surface area contributed by atoms with Gasteiger partial charge in [-0.3, -0.25) is 9.59 Å². The van der Waals surface area contributed by atoms with Crippen LogP contribution in [-0.2, 0) is 9.59 Å². The molecule has 4 nitrogen and oxygen atoms in total. The monoisotopic (exact) mass is 378 g/mol. The minimum Gasteiger partial charge on any atom is -0.368 e. The van der Waals surface area contributed by atoms with E-state index >= 15 is 0 Å². The highest BCUT2D eigenvalue weighted by molar-refractivity contribution is 6.08. The molecule has 148 valence electrons. The Balaban J connectivity index is 1.95. The summed E-state index contributed by atoms with van der Waals surface area (Å²) in [4.78, 5) is 25.5. The van der Waals surface area contributed by atoms with Crippen LogP contribution in [0.3, 0.4) is 0 Å². The van der Waals surface area contributed by atoms with Gasteiger partial charge in [0.05, 0.1) is 0 Å². The molecular formula is C24H30N2O2. The molecule has 1 atom stereocenters. The lowest BCUT2D eigenvalue weighted by Gasteiger charge is -2.44. The Morgan fingerprint density at radius 3 is 2.00 bits per heavy atom. The molecule has 0 heterocycles. The molecule has 1 aromatic rings. The Labute approximate surface area is 167 Å². The molecule has 1 unspecified atom stereocenters. The molecule has 4 heteroatoms. The first-order chi connectivity index (χ1) is 13.6. The highest BCUT2D eigenvalue weighted by Gasteiger charge is 2.55. The second kappa shape index (κ2) is 7.57. The Kier molecular flexibility index (Phi) is 5.13. The number of carbonyl (C=O) groups is 2. The number of amides is 2. The zero-order chi connectivity index (χ0) is 19.7. The van der Waals surface area contributed by atoms with Gasteiger partial charge in [0.1, 0.15) is 0 Å². The van der Waals surface area contributed by atoms with E-state index in [1.807, 2.05) is 24.3 Å². The second-order valence-electron chi connectivity index (χ2n) is 8.67. The largest absolute Gasteiger partial charge is 0.368 e. The maximum absolute atomic E-state index is 12.7. The first kappa shape index (κ1) is 19.0. The molecule has 3 aliphatic rings. The molecule has 0 aromatic heterocycles. The minimum absolute atomic E-state index is 0.215. The maximum atomic E-state index is 12.7. The van der Waals surface area contributed by atoms with Crippen molar-refractivity contribution >= 4 is 17.4 Å². The third-order valence-electron chi connectivity index (χ3n) is 7.22. The van der Waals surface area contributed by atoms with E-state index in [-0.39, 0.29) is 11.8 Å². The van der Waals surface area contributed by atoms with Crippen LogP contribution in [0.1, 0.15) is 56.9 Å². The van der Waals surface area contributed by atoms with E-state index in [4.69, 9.17) is 11.5 Å². The van der Waals surface area contributed by atoms with Crippen molar-refractivity contribution in [2.75, 3.05) is 0 Å². The third kappa shape index (κ3) is 2.99. The van der Waals surface area contributed by atoms with Crippen molar-refractivity contribution in [3.8, 4) is 0 Å². The number of allylic oxidation sites excluding steroid dienone is 3. The molecule has 1 aromatic carbocycles. The zero-order valence-corrected chi connectivity index (χ0v) is 16.4. The lowest BCUT2D eigenvalue weighted by Crippen LogP contribution is -2.55. The Bertz CT molecular complexity index is 798. The summed E-state index contributed by atoms with van der Waals surface area (Å²) in [6.07, 6.45) is 12.6. The van der Waals surface area contributed by atoms with Crippen molar-refractivity contribution in [3.63, 3.8) is 0 Å². The van der Waals surface area contributed by atoms with Crippen molar-refractivity contribution in [3.05, 3.63) is 53.6 Å². The number of benzene rings is 1. The van der Waals surface area contributed by atoms with Gasteiger partial charge in [-0.15, -0.1) is 0 Å². The summed E-state index contributed by atoms with van der Waals surface area (Å²) >= 11 is 0. The molecule has 2 fully saturated rings. The van der Waals surface area contributed by atoms with Crippen LogP contribution in [0, 0.1) is 23.2 Å². The summed E-state index contributed by atoms with van der Waals surface area (Å²) in [5.74, 6) is -0.747. The highest BCUT2D eigenvalue weighted by Crippen LogP contribution is 2.55. The first-order valence-corrected chi connectivity index (χ1v) is 10.6. The summed E-state index contributed by atoms with van der Waals surface area (Å²) < 4.78 is 0. The SMILES string of the molecule is NC(=O)C1(C(N)=O)C=CC(c2ccccc2)=C(C2CCCC2)C1C1CCCC1. The molecule has 2 saturated carbocycles. The maximum Gasteiger partial charge on any atom is 0.237 e. The predicted molar refractivity (Wildman–Crippen MR) is 111 cm³/mol. The van der Waals surface area contributed by atoms with Gasteiger partial charge in [-0.25, -0.2) is 0 Å². The summed E-state index contributed by atoms with van der Waals surface area (Å²) in [5, 5.41) is 0. The van der Waals surface area contributed by atoms with E-state index in [2.05, 4.69) is 12.1 Å². The predicted octanol–water partition coefficient (Wildman–Crippen LogP) is 3.96. The fraction of sp³-hybridized carbons (Fsp3) is 0.500. The molecular weight excluding hydrogens is 348 g/mol. The molecule has 0 spiro atoms. The zero-order valence-electron chi connectivity index (χ0n) is 16.4. The molecule has 0 aliphatic heterocycles. The van der Waals surface area contributed by atoms with Crippen molar-refractivity contribution in [2.24, 2.45) is 34.6 Å². The molecule has 4 rings (SSSR count). The molecule has 0 bridgehead atoms. The Morgan fingerprint density at radius 2 is 1.43 bits per heavy atom. The summed E-state index contributed by atoms with van der Waals surface area (Å²) in [7, 11) is 0. The lowest BCUT2D eigenvalue weighted by molar-refractivity contribution is -0.140. The van der Waals surface area contributed by atoms with Crippen LogP contribution in [0.15, 0.2) is 48.1 Å². The molecule has 28 heavy (non-hydrogen) atoms. The van der Waals surface area contributed by atoms with E-state index in [1.54, 1.807) is 6.08 Å². The van der Waals surface area contributed by atoms with E-state index in [0.717, 1.165) is 44.1 Å². The number of primary amides is 2. The summed E-state index contributed by atoms with van der Waals surface area (Å²) in [6, 6.07) is 10.3. The number of carbonyl (C=O) groups excluding carboxylic acids is 2. The normalized spacial score (nSPS) is 25.4. The van der Waals surface area contributed by atoms with E-state index in [9.17, 15) is 9.59 Å². The van der Waals surface area contributed by atoms with Gasteiger partial charge in [0.2, 0.25) is 11.8 Å². The summed E-state index contributed by atoms with van der Waals surface area (Å²) in [5.41, 5.74) is 13.9. The topological polar surface area (TPSA) is 86.2 Å². The van der Waals surface area contributed by atoms with E-state index in [1.165, 1.54) is 24.0 Å². The van der Waals surface area contributed by atoms with Crippen molar-refractivity contribution in [1.29, 1.82) is 0 Å². The van der Waals surface area contributed by atoms with Crippen LogP contribution < -0.4 is 11.5 Å². The average Bonchev–Trinajstić information content (AvgIpc) is 3.41. The van der Waals surface area contributed by atoms with Gasteiger partial charge >= 0.3 is 0 Å². The van der Waals surface area contributed by atoms with Gasteiger partial charge in [0.15, 0.2) is 5.41 Å². The second-order valence-corrected chi connectivity index (χ2v) is 8.67. The molecule has 0 saturated heterocycles. The fourth-order valence-electron chi connectivity index (χ4n) is 5.93. The third-order valence-corrected chi connectivity index (χ3v) is 7.22. The first-order valence-electron chi connectivity index (χ1n) is 10.6. The molecule has 4 N–H and O–H groups in total. The number of hydrogen-bond donors (Lipinski definition) is 2. The molecule has 2 amide bonds. The highest BCUT2D eigenvalue weighted by atomic mass is 16.2. The Hall–Kier alpha value is -2.36. The van der Waals surface area contributed by atoms with E-state index in [0.29, 0.717) is 5.92 Å². The minimum atomic E-state index is -1.41. The smallest absolute Gasteiger partial charge is 0.237 e. The van der Waals surface area contributed by atoms with Crippen LogP contribution in [-0.4, -0.2) is 11.8 Å². The van der Waals surface area contributed by atoms with Crippen LogP contribution >= 0.6 is 0 Å². The van der Waals surface area contributed by atoms with Crippen LogP contribution in [0.25, 0.3) is 5.57 Å². The molecule has 3 aliphatic carbocycles. The van der Waals surface area contributed by atoms with Crippen molar-refractivity contribution in [2.45, 2.75) is 51.4 Å². The molecule has 0 radical (unpaired) electrons. The quantitative estimate of drug-likeness (QED) is 0.760. The van der Waals surface area contributed by atoms with Crippen molar-refractivity contribution < 1.29 is 9.59 Å². The fourth-order valence-corrected chi connectivity index (χ4v) is 5.93. The Morgan fingerprint density at radius 1 is 0.857 bits per heavy atom. The van der Waals surface area contributed by atoms with Gasteiger partial charge in [0, 0.05) is 5.92 Å². The van der Waals surface area contributed by atoms with Gasteiger partial charge in [0.25, 0.3) is 0 Å². The van der Waals surface area contributed by atoms with Crippen molar-refractivity contribution in [1.82, 2.24) is 0 Å². The number of rotatable bonds is 5. The van der Waals surface area contributed by atoms with Gasteiger partial charge in [-0.1, -0.05) is 73.7 Å². The van der Waals surface area contributed by atoms with Crippen LogP contribution in [0.2, 0.25) is 0 Å². The number of hydrogen-bond acceptors (Lipinski definition) is 2.